The van der Waals surface area contributed by atoms with Gasteiger partial charge < -0.3 is 4.42 Å². The molecule has 5 heteroatoms. The number of nitrogens with zero attached hydrogens (tertiary/aromatic N) is 3. The highest BCUT2D eigenvalue weighted by molar-refractivity contribution is 5.77. The van der Waals surface area contributed by atoms with Crippen molar-refractivity contribution in [1.29, 1.82) is 5.26 Å². The minimum atomic E-state index is -0.430. The third kappa shape index (κ3) is 2.90. The summed E-state index contributed by atoms with van der Waals surface area (Å²) in [5, 5.41) is 13.3. The minimum absolute atomic E-state index is 0.0992. The van der Waals surface area contributed by atoms with Gasteiger partial charge in [0, 0.05) is 11.3 Å². The molecule has 3 aromatic rings. The van der Waals surface area contributed by atoms with E-state index < -0.39 is 5.56 Å². The topological polar surface area (TPSA) is 71.3 Å². The normalized spacial score (nSPS) is 10.9. The maximum absolute atomic E-state index is 12.3. The Morgan fingerprint density at radius 3 is 2.62 bits per heavy atom. The van der Waals surface area contributed by atoms with Crippen molar-refractivity contribution in [2.75, 3.05) is 0 Å². The first-order chi connectivity index (χ1) is 11.6. The number of pyridine rings is 1. The van der Waals surface area contributed by atoms with E-state index >= 15 is 0 Å². The highest BCUT2D eigenvalue weighted by Gasteiger charge is 2.09. The summed E-state index contributed by atoms with van der Waals surface area (Å²) in [6.45, 7) is 3.50. The molecule has 0 amide bonds. The fourth-order valence-electron chi connectivity index (χ4n) is 2.46. The van der Waals surface area contributed by atoms with E-state index in [1.54, 1.807) is 26.0 Å². The fourth-order valence-corrected chi connectivity index (χ4v) is 2.46. The van der Waals surface area contributed by atoms with E-state index in [2.05, 4.69) is 5.10 Å². The van der Waals surface area contributed by atoms with Crippen LogP contribution >= 0.6 is 0 Å². The van der Waals surface area contributed by atoms with Crippen molar-refractivity contribution in [1.82, 2.24) is 4.68 Å². The lowest BCUT2D eigenvalue weighted by atomic mass is 10.1. The molecule has 118 valence electrons. The number of hydrogen-bond acceptors (Lipinski definition) is 4. The Kier molecular flexibility index (Phi) is 4.13. The lowest BCUT2D eigenvalue weighted by molar-refractivity contribution is 0.574. The van der Waals surface area contributed by atoms with Crippen LogP contribution in [0.4, 0.5) is 0 Å². The SMILES string of the molecule is Cc1cc(C)n(N=Cc2ccc(-c3ccccc3)o2)c(=O)c1C#N. The zero-order chi connectivity index (χ0) is 17.1. The summed E-state index contributed by atoms with van der Waals surface area (Å²) in [6, 6.07) is 17.0. The number of aryl methyl sites for hydroxylation is 2. The molecule has 3 rings (SSSR count). The molecule has 0 spiro atoms. The van der Waals surface area contributed by atoms with Gasteiger partial charge in [0.2, 0.25) is 0 Å². The Hall–Kier alpha value is -3.39. The molecule has 0 aliphatic heterocycles. The molecule has 0 atom stereocenters. The van der Waals surface area contributed by atoms with Gasteiger partial charge in [-0.25, -0.2) is 4.68 Å². The number of aromatic nitrogens is 1. The van der Waals surface area contributed by atoms with Gasteiger partial charge in [0.1, 0.15) is 23.2 Å². The maximum Gasteiger partial charge on any atom is 0.289 e. The second-order valence-corrected chi connectivity index (χ2v) is 5.39. The molecule has 0 saturated carbocycles. The van der Waals surface area contributed by atoms with Crippen LogP contribution in [0, 0.1) is 25.2 Å². The number of hydrogen-bond donors (Lipinski definition) is 0. The average Bonchev–Trinajstić information content (AvgIpc) is 3.04. The highest BCUT2D eigenvalue weighted by atomic mass is 16.3. The molecule has 5 nitrogen and oxygen atoms in total. The summed E-state index contributed by atoms with van der Waals surface area (Å²) in [4.78, 5) is 12.3. The van der Waals surface area contributed by atoms with E-state index in [4.69, 9.17) is 9.68 Å². The van der Waals surface area contributed by atoms with E-state index in [1.165, 1.54) is 10.9 Å². The summed E-state index contributed by atoms with van der Waals surface area (Å²) in [5.74, 6) is 1.25. The van der Waals surface area contributed by atoms with E-state index in [0.717, 1.165) is 11.3 Å². The van der Waals surface area contributed by atoms with Crippen molar-refractivity contribution in [2.24, 2.45) is 5.10 Å². The van der Waals surface area contributed by atoms with Gasteiger partial charge in [-0.15, -0.1) is 0 Å². The molecule has 0 aliphatic rings. The van der Waals surface area contributed by atoms with Crippen LogP contribution in [0.15, 0.2) is 62.8 Å². The van der Waals surface area contributed by atoms with Gasteiger partial charge in [0.05, 0.1) is 6.21 Å². The molecule has 0 aliphatic carbocycles. The number of nitriles is 1. The Bertz CT molecular complexity index is 1010. The van der Waals surface area contributed by atoms with Crippen LogP contribution in [0.5, 0.6) is 0 Å². The second-order valence-electron chi connectivity index (χ2n) is 5.39. The monoisotopic (exact) mass is 317 g/mol. The summed E-state index contributed by atoms with van der Waals surface area (Å²) in [5.41, 5.74) is 1.94. The molecule has 2 heterocycles. The van der Waals surface area contributed by atoms with Crippen LogP contribution in [0.25, 0.3) is 11.3 Å². The van der Waals surface area contributed by atoms with Crippen molar-refractivity contribution in [3.05, 3.63) is 81.5 Å². The van der Waals surface area contributed by atoms with Gasteiger partial charge in [-0.1, -0.05) is 30.3 Å². The van der Waals surface area contributed by atoms with Crippen molar-refractivity contribution >= 4 is 6.21 Å². The molecule has 0 unspecified atom stereocenters. The quantitative estimate of drug-likeness (QED) is 0.694. The third-order valence-corrected chi connectivity index (χ3v) is 3.66. The Morgan fingerprint density at radius 1 is 1.17 bits per heavy atom. The van der Waals surface area contributed by atoms with Crippen molar-refractivity contribution in [3.63, 3.8) is 0 Å². The van der Waals surface area contributed by atoms with Crippen molar-refractivity contribution in [3.8, 4) is 17.4 Å². The smallest absolute Gasteiger partial charge is 0.289 e. The lowest BCUT2D eigenvalue weighted by Gasteiger charge is -2.05. The van der Waals surface area contributed by atoms with Gasteiger partial charge in [-0.2, -0.15) is 10.4 Å². The molecule has 0 bridgehead atoms. The predicted molar refractivity (Wildman–Crippen MR) is 92.0 cm³/mol. The summed E-state index contributed by atoms with van der Waals surface area (Å²) >= 11 is 0. The Morgan fingerprint density at radius 2 is 1.92 bits per heavy atom. The van der Waals surface area contributed by atoms with Crippen molar-refractivity contribution in [2.45, 2.75) is 13.8 Å². The van der Waals surface area contributed by atoms with Crippen LogP contribution < -0.4 is 5.56 Å². The molecule has 0 saturated heterocycles. The number of rotatable bonds is 3. The van der Waals surface area contributed by atoms with E-state index in [1.807, 2.05) is 42.5 Å². The molecule has 0 N–H and O–H groups in total. The molecule has 0 fully saturated rings. The number of benzene rings is 1. The Labute approximate surface area is 139 Å². The van der Waals surface area contributed by atoms with Gasteiger partial charge in [-0.05, 0) is 37.6 Å². The predicted octanol–water partition coefficient (Wildman–Crippen LogP) is 3.48. The summed E-state index contributed by atoms with van der Waals surface area (Å²) in [7, 11) is 0. The highest BCUT2D eigenvalue weighted by Crippen LogP contribution is 2.20. The molecule has 24 heavy (non-hydrogen) atoms. The maximum atomic E-state index is 12.3. The van der Waals surface area contributed by atoms with E-state index in [0.29, 0.717) is 17.0 Å². The standard InChI is InChI=1S/C19H15N3O2/c1-13-10-14(2)22(19(23)17(13)11-20)21-12-16-8-9-18(24-16)15-6-4-3-5-7-15/h3-10,12H,1-2H3. The van der Waals surface area contributed by atoms with Gasteiger partial charge in [0.15, 0.2) is 0 Å². The van der Waals surface area contributed by atoms with E-state index in [9.17, 15) is 4.79 Å². The average molecular weight is 317 g/mol. The first-order valence-electron chi connectivity index (χ1n) is 7.43. The molecule has 1 aromatic carbocycles. The second kappa shape index (κ2) is 6.39. The molecular weight excluding hydrogens is 302 g/mol. The Balaban J connectivity index is 1.95. The van der Waals surface area contributed by atoms with Crippen molar-refractivity contribution < 1.29 is 4.42 Å². The van der Waals surface area contributed by atoms with Crippen LogP contribution in [-0.4, -0.2) is 10.9 Å². The first kappa shape index (κ1) is 15.5. The largest absolute Gasteiger partial charge is 0.455 e. The molecule has 0 radical (unpaired) electrons. The van der Waals surface area contributed by atoms with Gasteiger partial charge in [-0.3, -0.25) is 4.79 Å². The van der Waals surface area contributed by atoms with Gasteiger partial charge in [0.25, 0.3) is 5.56 Å². The van der Waals surface area contributed by atoms with Gasteiger partial charge >= 0.3 is 0 Å². The lowest BCUT2D eigenvalue weighted by Crippen LogP contribution is -2.22. The van der Waals surface area contributed by atoms with Crippen LogP contribution in [0.1, 0.15) is 22.6 Å². The number of furan rings is 1. The van der Waals surface area contributed by atoms with Crippen LogP contribution in [0.2, 0.25) is 0 Å². The fraction of sp³-hybridized carbons (Fsp3) is 0.105. The third-order valence-electron chi connectivity index (χ3n) is 3.66. The zero-order valence-corrected chi connectivity index (χ0v) is 13.4. The molecular formula is C19H15N3O2. The van der Waals surface area contributed by atoms with Crippen LogP contribution in [0.3, 0.4) is 0 Å². The molecule has 2 aromatic heterocycles. The van der Waals surface area contributed by atoms with Crippen LogP contribution in [-0.2, 0) is 0 Å². The summed E-state index contributed by atoms with van der Waals surface area (Å²) in [6.07, 6.45) is 1.47. The zero-order valence-electron chi connectivity index (χ0n) is 13.4. The van der Waals surface area contributed by atoms with E-state index in [-0.39, 0.29) is 5.56 Å². The first-order valence-corrected chi connectivity index (χ1v) is 7.43. The summed E-state index contributed by atoms with van der Waals surface area (Å²) < 4.78 is 6.93. The minimum Gasteiger partial charge on any atom is -0.455 e.